The maximum absolute atomic E-state index is 13.5. The molecule has 5 rings (SSSR count). The molecule has 2 amide bonds. The maximum Gasteiger partial charge on any atom is 0.278 e. The number of carbonyl (C=O) groups is 2. The van der Waals surface area contributed by atoms with E-state index in [1.165, 1.54) is 4.90 Å². The number of carbonyl (C=O) groups excluding carboxylic acids is 2. The molecule has 3 aromatic carbocycles. The smallest absolute Gasteiger partial charge is 0.278 e. The molecule has 160 valence electrons. The zero-order valence-electron chi connectivity index (χ0n) is 17.8. The van der Waals surface area contributed by atoms with E-state index in [0.29, 0.717) is 22.8 Å². The van der Waals surface area contributed by atoms with Crippen LogP contribution in [0.4, 0.5) is 5.69 Å². The van der Waals surface area contributed by atoms with Gasteiger partial charge in [0.05, 0.1) is 12.1 Å². The number of rotatable bonds is 5. The average Bonchev–Trinajstić information content (AvgIpc) is 3.34. The molecule has 2 aliphatic rings. The van der Waals surface area contributed by atoms with Gasteiger partial charge in [0.1, 0.15) is 5.70 Å². The van der Waals surface area contributed by atoms with E-state index in [-0.39, 0.29) is 30.8 Å². The quantitative estimate of drug-likeness (QED) is 0.612. The summed E-state index contributed by atoms with van der Waals surface area (Å²) >= 11 is 0. The molecular weight excluding hydrogens is 404 g/mol. The molecule has 0 aromatic heterocycles. The first-order valence-corrected chi connectivity index (χ1v) is 10.4. The Labute approximate surface area is 186 Å². The van der Waals surface area contributed by atoms with Gasteiger partial charge in [-0.25, -0.2) is 0 Å². The van der Waals surface area contributed by atoms with Crippen LogP contribution in [0.2, 0.25) is 0 Å². The number of hydrogen-bond donors (Lipinski definition) is 1. The van der Waals surface area contributed by atoms with Crippen LogP contribution in [0.3, 0.4) is 0 Å². The predicted molar refractivity (Wildman–Crippen MR) is 121 cm³/mol. The van der Waals surface area contributed by atoms with Crippen molar-refractivity contribution >= 4 is 23.1 Å². The summed E-state index contributed by atoms with van der Waals surface area (Å²) in [5.74, 6) is 0.584. The van der Waals surface area contributed by atoms with Gasteiger partial charge in [0.25, 0.3) is 11.8 Å². The van der Waals surface area contributed by atoms with Crippen molar-refractivity contribution in [2.45, 2.75) is 20.4 Å². The fraction of sp³-hybridized carbons (Fsp3) is 0.154. The van der Waals surface area contributed by atoms with Crippen molar-refractivity contribution in [3.05, 3.63) is 94.7 Å². The Balaban J connectivity index is 1.56. The van der Waals surface area contributed by atoms with Crippen LogP contribution in [-0.2, 0) is 16.1 Å². The van der Waals surface area contributed by atoms with E-state index in [1.807, 2.05) is 62.4 Å². The van der Waals surface area contributed by atoms with E-state index in [4.69, 9.17) is 9.47 Å². The topological polar surface area (TPSA) is 67.9 Å². The molecule has 6 nitrogen and oxygen atoms in total. The van der Waals surface area contributed by atoms with Gasteiger partial charge in [0.2, 0.25) is 6.79 Å². The van der Waals surface area contributed by atoms with Crippen molar-refractivity contribution in [3.8, 4) is 11.5 Å². The summed E-state index contributed by atoms with van der Waals surface area (Å²) < 4.78 is 10.8. The van der Waals surface area contributed by atoms with Gasteiger partial charge in [-0.2, -0.15) is 0 Å². The lowest BCUT2D eigenvalue weighted by molar-refractivity contribution is -0.137. The number of anilines is 1. The summed E-state index contributed by atoms with van der Waals surface area (Å²) in [6, 6.07) is 20.7. The molecule has 2 aliphatic heterocycles. The maximum atomic E-state index is 13.5. The van der Waals surface area contributed by atoms with Crippen LogP contribution < -0.4 is 14.8 Å². The van der Waals surface area contributed by atoms with Gasteiger partial charge in [-0.3, -0.25) is 14.5 Å². The first-order chi connectivity index (χ1) is 15.5. The zero-order chi connectivity index (χ0) is 22.2. The van der Waals surface area contributed by atoms with Gasteiger partial charge in [-0.05, 0) is 42.7 Å². The van der Waals surface area contributed by atoms with Gasteiger partial charge < -0.3 is 14.8 Å². The van der Waals surface area contributed by atoms with Crippen molar-refractivity contribution in [1.29, 1.82) is 0 Å². The van der Waals surface area contributed by atoms with Gasteiger partial charge in [-0.15, -0.1) is 0 Å². The molecule has 0 radical (unpaired) electrons. The van der Waals surface area contributed by atoms with Crippen molar-refractivity contribution < 1.29 is 19.1 Å². The van der Waals surface area contributed by atoms with Crippen LogP contribution in [0.15, 0.2) is 72.4 Å². The fourth-order valence-electron chi connectivity index (χ4n) is 4.06. The van der Waals surface area contributed by atoms with Crippen molar-refractivity contribution in [1.82, 2.24) is 4.90 Å². The number of ether oxygens (including phenoxy) is 2. The summed E-state index contributed by atoms with van der Waals surface area (Å²) in [6.45, 7) is 4.32. The Hall–Kier alpha value is -4.06. The monoisotopic (exact) mass is 426 g/mol. The van der Waals surface area contributed by atoms with E-state index >= 15 is 0 Å². The van der Waals surface area contributed by atoms with E-state index in [9.17, 15) is 9.59 Å². The Morgan fingerprint density at radius 2 is 1.66 bits per heavy atom. The molecule has 2 heterocycles. The van der Waals surface area contributed by atoms with E-state index < -0.39 is 0 Å². The Kier molecular flexibility index (Phi) is 4.90. The molecular formula is C26H22N2O4. The van der Waals surface area contributed by atoms with Crippen LogP contribution >= 0.6 is 0 Å². The summed E-state index contributed by atoms with van der Waals surface area (Å²) in [6.07, 6.45) is 0. The Bertz CT molecular complexity index is 1260. The third-order valence-corrected chi connectivity index (χ3v) is 5.64. The normalized spacial score (nSPS) is 15.0. The van der Waals surface area contributed by atoms with Gasteiger partial charge in [0, 0.05) is 11.8 Å². The minimum atomic E-state index is -0.355. The third kappa shape index (κ3) is 3.50. The number of amides is 2. The molecule has 0 saturated carbocycles. The molecule has 0 saturated heterocycles. The molecule has 3 aromatic rings. The Morgan fingerprint density at radius 1 is 0.875 bits per heavy atom. The molecule has 6 heteroatoms. The van der Waals surface area contributed by atoms with Gasteiger partial charge in [0.15, 0.2) is 11.5 Å². The predicted octanol–water partition coefficient (Wildman–Crippen LogP) is 4.42. The zero-order valence-corrected chi connectivity index (χ0v) is 17.8. The summed E-state index contributed by atoms with van der Waals surface area (Å²) in [5.41, 5.74) is 4.95. The molecule has 0 aliphatic carbocycles. The number of aryl methyl sites for hydroxylation is 2. The number of fused-ring (bicyclic) bond motifs is 1. The standard InChI is InChI=1S/C26H22N2O4/c1-16-8-10-20(17(2)12-16)23-24(27-19-9-11-21-22(13-19)32-15-31-21)26(30)28(25(23)29)14-18-6-4-3-5-7-18/h3-13,27H,14-15H2,1-2H3. The van der Waals surface area contributed by atoms with Crippen LogP contribution in [0.5, 0.6) is 11.5 Å². The minimum Gasteiger partial charge on any atom is -0.454 e. The molecule has 0 atom stereocenters. The van der Waals surface area contributed by atoms with Crippen LogP contribution in [-0.4, -0.2) is 23.5 Å². The summed E-state index contributed by atoms with van der Waals surface area (Å²) in [5, 5.41) is 3.19. The van der Waals surface area contributed by atoms with Crippen molar-refractivity contribution in [3.63, 3.8) is 0 Å². The molecule has 0 bridgehead atoms. The molecule has 0 unspecified atom stereocenters. The number of nitrogens with zero attached hydrogens (tertiary/aromatic N) is 1. The second-order valence-corrected chi connectivity index (χ2v) is 7.94. The lowest BCUT2D eigenvalue weighted by Crippen LogP contribution is -2.32. The molecule has 1 N–H and O–H groups in total. The minimum absolute atomic E-state index is 0.164. The number of nitrogens with one attached hydrogen (secondary N) is 1. The summed E-state index contributed by atoms with van der Waals surface area (Å²) in [7, 11) is 0. The molecule has 0 spiro atoms. The SMILES string of the molecule is Cc1ccc(C2=C(Nc3ccc4c(c3)OCO4)C(=O)N(Cc3ccccc3)C2=O)c(C)c1. The second-order valence-electron chi connectivity index (χ2n) is 7.94. The molecule has 32 heavy (non-hydrogen) atoms. The fourth-order valence-corrected chi connectivity index (χ4v) is 4.06. The first-order valence-electron chi connectivity index (χ1n) is 10.4. The van der Waals surface area contributed by atoms with E-state index in [2.05, 4.69) is 5.32 Å². The largest absolute Gasteiger partial charge is 0.454 e. The van der Waals surface area contributed by atoms with Crippen LogP contribution in [0.1, 0.15) is 22.3 Å². The second kappa shape index (κ2) is 7.89. The molecule has 0 fully saturated rings. The number of hydrogen-bond acceptors (Lipinski definition) is 5. The third-order valence-electron chi connectivity index (χ3n) is 5.64. The highest BCUT2D eigenvalue weighted by Gasteiger charge is 2.39. The van der Waals surface area contributed by atoms with Gasteiger partial charge in [-0.1, -0.05) is 54.1 Å². The van der Waals surface area contributed by atoms with Crippen LogP contribution in [0, 0.1) is 13.8 Å². The highest BCUT2D eigenvalue weighted by molar-refractivity contribution is 6.36. The van der Waals surface area contributed by atoms with E-state index in [0.717, 1.165) is 22.3 Å². The highest BCUT2D eigenvalue weighted by Crippen LogP contribution is 2.37. The highest BCUT2D eigenvalue weighted by atomic mass is 16.7. The summed E-state index contributed by atoms with van der Waals surface area (Å²) in [4.78, 5) is 28.2. The van der Waals surface area contributed by atoms with Crippen LogP contribution in [0.25, 0.3) is 5.57 Å². The average molecular weight is 426 g/mol. The number of imide groups is 1. The number of benzene rings is 3. The lowest BCUT2D eigenvalue weighted by Gasteiger charge is -2.15. The lowest BCUT2D eigenvalue weighted by atomic mass is 9.97. The van der Waals surface area contributed by atoms with Crippen molar-refractivity contribution in [2.75, 3.05) is 12.1 Å². The van der Waals surface area contributed by atoms with Gasteiger partial charge >= 0.3 is 0 Å². The first kappa shape index (κ1) is 19.9. The van der Waals surface area contributed by atoms with Crippen molar-refractivity contribution in [2.24, 2.45) is 0 Å². The Morgan fingerprint density at radius 3 is 2.44 bits per heavy atom. The van der Waals surface area contributed by atoms with E-state index in [1.54, 1.807) is 18.2 Å².